The SMILES string of the molecule is Nc1ccccn1.[C-]#[O+].[C-]#[O+].[C-]#[O+].[C-]#[O+].[C-]#[O+].[Cr]. The standard InChI is InChI=1S/C5H6N2.5CO.Cr/c6-5-3-1-2-4-7-5;5*1-2;/h1-4H,(H2,6,7);;;;;;. The van der Waals surface area contributed by atoms with Gasteiger partial charge in [-0.2, -0.15) is 0 Å². The number of pyridine rings is 1. The minimum Gasteiger partial charge on any atom is 0 e. The molecule has 0 saturated carbocycles. The van der Waals surface area contributed by atoms with E-state index in [1.807, 2.05) is 12.1 Å². The van der Waals surface area contributed by atoms with Gasteiger partial charge in [-0.3, -0.25) is 0 Å². The molecule has 92 valence electrons. The van der Waals surface area contributed by atoms with Crippen molar-refractivity contribution in [2.75, 3.05) is 5.73 Å². The first kappa shape index (κ1) is 36.0. The zero-order chi connectivity index (χ0) is 15.1. The summed E-state index contributed by atoms with van der Waals surface area (Å²) in [6.45, 7) is 22.5. The largest absolute Gasteiger partial charge is 0 e. The first-order chi connectivity index (χ1) is 8.39. The van der Waals surface area contributed by atoms with Crippen LogP contribution in [0.25, 0.3) is 0 Å². The zero-order valence-electron chi connectivity index (χ0n) is 8.78. The van der Waals surface area contributed by atoms with Gasteiger partial charge in [-0.25, -0.2) is 4.98 Å². The van der Waals surface area contributed by atoms with Crippen LogP contribution in [0.15, 0.2) is 24.4 Å². The third kappa shape index (κ3) is 64.5. The molecule has 0 fully saturated rings. The Hall–Kier alpha value is -1.82. The monoisotopic (exact) mass is 286 g/mol. The Labute approximate surface area is 115 Å². The molecule has 0 spiro atoms. The normalized spacial score (nSPS) is 3.89. The first-order valence-electron chi connectivity index (χ1n) is 3.08. The molecule has 0 saturated heterocycles. The summed E-state index contributed by atoms with van der Waals surface area (Å²) in [6, 6.07) is 5.43. The van der Waals surface area contributed by atoms with Gasteiger partial charge >= 0.3 is 56.5 Å². The summed E-state index contributed by atoms with van der Waals surface area (Å²) in [5, 5.41) is 0. The molecule has 0 aromatic carbocycles. The molecule has 1 heterocycles. The van der Waals surface area contributed by atoms with Crippen molar-refractivity contribution < 1.29 is 40.6 Å². The average molecular weight is 286 g/mol. The summed E-state index contributed by atoms with van der Waals surface area (Å²) >= 11 is 0. The van der Waals surface area contributed by atoms with E-state index in [0.717, 1.165) is 0 Å². The second kappa shape index (κ2) is 79.9. The molecule has 0 bridgehead atoms. The Morgan fingerprint density at radius 1 is 0.778 bits per heavy atom. The average Bonchev–Trinajstić information content (AvgIpc) is 2.50. The van der Waals surface area contributed by atoms with Gasteiger partial charge in [0.05, 0.1) is 0 Å². The minimum absolute atomic E-state index is 0. The van der Waals surface area contributed by atoms with Gasteiger partial charge in [-0.1, -0.05) is 6.07 Å². The van der Waals surface area contributed by atoms with Crippen LogP contribution >= 0.6 is 0 Å². The smallest absolute Gasteiger partial charge is 0 e. The van der Waals surface area contributed by atoms with Crippen molar-refractivity contribution in [2.45, 2.75) is 0 Å². The fourth-order valence-electron chi connectivity index (χ4n) is 0.376. The van der Waals surface area contributed by atoms with Gasteiger partial charge < -0.3 is 5.73 Å². The van der Waals surface area contributed by atoms with Crippen molar-refractivity contribution in [1.29, 1.82) is 0 Å². The molecule has 18 heavy (non-hydrogen) atoms. The van der Waals surface area contributed by atoms with E-state index < -0.39 is 0 Å². The van der Waals surface area contributed by atoms with Gasteiger partial charge in [0.15, 0.2) is 0 Å². The molecule has 0 aliphatic carbocycles. The van der Waals surface area contributed by atoms with Crippen molar-refractivity contribution >= 4 is 5.82 Å². The van der Waals surface area contributed by atoms with Crippen molar-refractivity contribution in [3.05, 3.63) is 57.6 Å². The number of nitrogen functional groups attached to an aromatic ring is 1. The van der Waals surface area contributed by atoms with Gasteiger partial charge in [0.1, 0.15) is 5.82 Å². The topological polar surface area (TPSA) is 138 Å². The molecule has 1 aromatic rings. The van der Waals surface area contributed by atoms with Crippen LogP contribution in [0.2, 0.25) is 0 Å². The number of nitrogens with zero attached hydrogens (tertiary/aromatic N) is 1. The molecule has 0 aliphatic heterocycles. The van der Waals surface area contributed by atoms with Crippen LogP contribution in [-0.2, 0) is 40.6 Å². The zero-order valence-corrected chi connectivity index (χ0v) is 10.1. The van der Waals surface area contributed by atoms with Crippen LogP contribution in [0.4, 0.5) is 5.82 Å². The summed E-state index contributed by atoms with van der Waals surface area (Å²) in [4.78, 5) is 3.76. The van der Waals surface area contributed by atoms with Crippen molar-refractivity contribution in [1.82, 2.24) is 4.98 Å². The van der Waals surface area contributed by atoms with E-state index in [1.165, 1.54) is 0 Å². The summed E-state index contributed by atoms with van der Waals surface area (Å²) in [5.41, 5.74) is 5.25. The maximum atomic E-state index is 7.50. The van der Waals surface area contributed by atoms with Crippen LogP contribution < -0.4 is 5.73 Å². The van der Waals surface area contributed by atoms with Gasteiger partial charge in [-0.15, -0.1) is 0 Å². The van der Waals surface area contributed by atoms with Crippen molar-refractivity contribution in [2.24, 2.45) is 0 Å². The van der Waals surface area contributed by atoms with Crippen molar-refractivity contribution in [3.63, 3.8) is 0 Å². The number of anilines is 1. The van der Waals surface area contributed by atoms with E-state index in [0.29, 0.717) is 5.82 Å². The maximum absolute atomic E-state index is 7.50. The molecule has 0 atom stereocenters. The Balaban J connectivity index is -0.0000000285. The van der Waals surface area contributed by atoms with Crippen LogP contribution in [0, 0.1) is 33.3 Å². The van der Waals surface area contributed by atoms with E-state index in [9.17, 15) is 0 Å². The molecule has 0 aliphatic rings. The van der Waals surface area contributed by atoms with Crippen LogP contribution in [0.3, 0.4) is 0 Å². The Morgan fingerprint density at radius 2 is 1.11 bits per heavy atom. The first-order valence-corrected chi connectivity index (χ1v) is 3.08. The molecular formula is C10H6CrN2O5. The molecule has 2 N–H and O–H groups in total. The summed E-state index contributed by atoms with van der Waals surface area (Å²) in [7, 11) is 0. The third-order valence-electron chi connectivity index (χ3n) is 0.688. The molecular weight excluding hydrogens is 280 g/mol. The maximum Gasteiger partial charge on any atom is 0 e. The fourth-order valence-corrected chi connectivity index (χ4v) is 0.376. The number of aromatic nitrogens is 1. The van der Waals surface area contributed by atoms with Crippen LogP contribution in [-0.4, -0.2) is 4.98 Å². The van der Waals surface area contributed by atoms with E-state index in [2.05, 4.69) is 38.2 Å². The molecule has 1 aromatic heterocycles. The van der Waals surface area contributed by atoms with E-state index >= 15 is 0 Å². The number of nitrogens with two attached hydrogens (primary N) is 1. The van der Waals surface area contributed by atoms with Crippen molar-refractivity contribution in [3.8, 4) is 0 Å². The minimum atomic E-state index is 0. The second-order valence-corrected chi connectivity index (χ2v) is 1.25. The number of hydrogen-bond acceptors (Lipinski definition) is 2. The van der Waals surface area contributed by atoms with Gasteiger partial charge in [-0.05, 0) is 12.1 Å². The number of hydrogen-bond donors (Lipinski definition) is 1. The fraction of sp³-hybridized carbons (Fsp3) is 0. The summed E-state index contributed by atoms with van der Waals surface area (Å²) in [5.74, 6) is 0.572. The van der Waals surface area contributed by atoms with Gasteiger partial charge in [0.25, 0.3) is 0 Å². The van der Waals surface area contributed by atoms with E-state index in [-0.39, 0.29) is 17.4 Å². The Kier molecular flexibility index (Phi) is 160. The predicted octanol–water partition coefficient (Wildman–Crippen LogP) is 0.474. The van der Waals surface area contributed by atoms with E-state index in [4.69, 9.17) is 29.0 Å². The summed E-state index contributed by atoms with van der Waals surface area (Å²) < 4.78 is 37.5. The third-order valence-corrected chi connectivity index (χ3v) is 0.688. The Morgan fingerprint density at radius 3 is 1.22 bits per heavy atom. The Bertz CT molecular complexity index is 284. The van der Waals surface area contributed by atoms with Gasteiger partial charge in [0, 0.05) is 23.6 Å². The van der Waals surface area contributed by atoms with Crippen LogP contribution in [0.5, 0.6) is 0 Å². The predicted molar refractivity (Wildman–Crippen MR) is 48.3 cm³/mol. The van der Waals surface area contributed by atoms with Gasteiger partial charge in [0.2, 0.25) is 0 Å². The molecule has 1 rings (SSSR count). The van der Waals surface area contributed by atoms with Crippen LogP contribution in [0.1, 0.15) is 0 Å². The molecule has 8 heteroatoms. The summed E-state index contributed by atoms with van der Waals surface area (Å²) in [6.07, 6.45) is 1.66. The molecule has 7 nitrogen and oxygen atoms in total. The van der Waals surface area contributed by atoms with E-state index in [1.54, 1.807) is 12.3 Å². The molecule has 0 amide bonds. The molecule has 0 radical (unpaired) electrons. The number of rotatable bonds is 0. The molecule has 0 unspecified atom stereocenters. The second-order valence-electron chi connectivity index (χ2n) is 1.25. The quantitative estimate of drug-likeness (QED) is 0.547.